The first-order valence-electron chi connectivity index (χ1n) is 15.1. The second-order valence-corrected chi connectivity index (χ2v) is 13.1. The normalized spacial score (nSPS) is 21.4. The minimum absolute atomic E-state index is 0.273. The molecule has 0 saturated carbocycles. The van der Waals surface area contributed by atoms with Gasteiger partial charge in [0.2, 0.25) is 0 Å². The molecule has 0 aromatic rings. The van der Waals surface area contributed by atoms with Crippen LogP contribution in [0, 0.1) is 22.7 Å². The van der Waals surface area contributed by atoms with Crippen molar-refractivity contribution in [1.29, 1.82) is 0 Å². The molecule has 0 heterocycles. The molecule has 0 aliphatic heterocycles. The minimum atomic E-state index is 0.273. The van der Waals surface area contributed by atoms with Crippen LogP contribution in [0.25, 0.3) is 0 Å². The zero-order valence-corrected chi connectivity index (χ0v) is 27.2. The van der Waals surface area contributed by atoms with E-state index in [1.807, 2.05) is 6.08 Å². The van der Waals surface area contributed by atoms with Gasteiger partial charge in [0, 0.05) is 0 Å². The molecule has 0 saturated heterocycles. The highest BCUT2D eigenvalue weighted by atomic mass is 14.3. The van der Waals surface area contributed by atoms with Gasteiger partial charge in [0.25, 0.3) is 0 Å². The topological polar surface area (TPSA) is 0 Å². The molecule has 214 valence electrons. The average molecular weight is 535 g/mol. The average Bonchev–Trinajstić information content (AvgIpc) is 2.85. The summed E-state index contributed by atoms with van der Waals surface area (Å²) in [6, 6.07) is 0. The van der Waals surface area contributed by atoms with Crippen molar-refractivity contribution < 1.29 is 0 Å². The zero-order chi connectivity index (χ0) is 29.8. The van der Waals surface area contributed by atoms with Crippen LogP contribution in [0.5, 0.6) is 0 Å². The third-order valence-corrected chi connectivity index (χ3v) is 8.21. The van der Waals surface area contributed by atoms with Gasteiger partial charge in [-0.15, -0.1) is 0 Å². The summed E-state index contributed by atoms with van der Waals surface area (Å²) in [5.41, 5.74) is 11.4. The second-order valence-electron chi connectivity index (χ2n) is 13.1. The molecule has 0 nitrogen and oxygen atoms in total. The van der Waals surface area contributed by atoms with Gasteiger partial charge < -0.3 is 0 Å². The highest BCUT2D eigenvalue weighted by Gasteiger charge is 2.27. The Morgan fingerprint density at radius 3 is 1.65 bits per heavy atom. The van der Waals surface area contributed by atoms with Gasteiger partial charge in [-0.2, -0.15) is 0 Å². The van der Waals surface area contributed by atoms with Crippen molar-refractivity contribution in [3.63, 3.8) is 0 Å². The Morgan fingerprint density at radius 2 is 1.10 bits per heavy atom. The fourth-order valence-corrected chi connectivity index (χ4v) is 5.67. The Morgan fingerprint density at radius 1 is 0.625 bits per heavy atom. The van der Waals surface area contributed by atoms with E-state index in [9.17, 15) is 0 Å². The van der Waals surface area contributed by atoms with Crippen molar-refractivity contribution in [3.05, 3.63) is 117 Å². The fourth-order valence-electron chi connectivity index (χ4n) is 5.67. The van der Waals surface area contributed by atoms with Crippen LogP contribution >= 0.6 is 0 Å². The first-order chi connectivity index (χ1) is 18.8. The van der Waals surface area contributed by atoms with Gasteiger partial charge >= 0.3 is 0 Å². The summed E-state index contributed by atoms with van der Waals surface area (Å²) >= 11 is 0. The molecule has 2 aliphatic rings. The van der Waals surface area contributed by atoms with Gasteiger partial charge in [0.15, 0.2) is 0 Å². The highest BCUT2D eigenvalue weighted by molar-refractivity contribution is 5.41. The van der Waals surface area contributed by atoms with Crippen molar-refractivity contribution in [3.8, 4) is 11.8 Å². The van der Waals surface area contributed by atoms with E-state index in [2.05, 4.69) is 148 Å². The third kappa shape index (κ3) is 11.2. The first kappa shape index (κ1) is 33.2. The Labute approximate surface area is 247 Å². The van der Waals surface area contributed by atoms with Gasteiger partial charge in [-0.1, -0.05) is 129 Å². The molecular weight excluding hydrogens is 480 g/mol. The molecule has 0 aromatic heterocycles. The molecule has 2 aliphatic carbocycles. The molecule has 0 heteroatoms. The Hall–Kier alpha value is -3.04. The summed E-state index contributed by atoms with van der Waals surface area (Å²) in [4.78, 5) is 0. The van der Waals surface area contributed by atoms with Gasteiger partial charge in [-0.3, -0.25) is 0 Å². The largest absolute Gasteiger partial charge is 0.0697 e. The minimum Gasteiger partial charge on any atom is -0.0697 e. The van der Waals surface area contributed by atoms with E-state index in [1.165, 1.54) is 72.0 Å². The van der Waals surface area contributed by atoms with E-state index >= 15 is 0 Å². The standard InChI is InChI=1S/C40H54/c1-31(19-13-21-33(3)25-27-37-35(5)23-15-29-39(37,7)8)17-11-12-18-32(2)20-14-22-34(4)26-28-38-36(6)24-16-30-40(38,9)10/h11-13,17-19,21-22,25-28H,15-16,23-24,29-30H2,1-10H3/b12-11+,19-13+,27-25+,28-26+,31-17+,32-18+,33-21+,34-22+. The molecule has 0 fully saturated rings. The maximum atomic E-state index is 3.24. The van der Waals surface area contributed by atoms with E-state index < -0.39 is 0 Å². The lowest BCUT2D eigenvalue weighted by Gasteiger charge is -2.32. The highest BCUT2D eigenvalue weighted by Crippen LogP contribution is 2.41. The van der Waals surface area contributed by atoms with Gasteiger partial charge in [0.05, 0.1) is 0 Å². The summed E-state index contributed by atoms with van der Waals surface area (Å²) < 4.78 is 0. The Kier molecular flexibility index (Phi) is 13.0. The third-order valence-electron chi connectivity index (χ3n) is 8.21. The lowest BCUT2D eigenvalue weighted by molar-refractivity contribution is 0.376. The maximum absolute atomic E-state index is 3.24. The summed E-state index contributed by atoms with van der Waals surface area (Å²) in [6.45, 7) is 22.5. The number of hydrogen-bond acceptors (Lipinski definition) is 0. The predicted molar refractivity (Wildman–Crippen MR) is 180 cm³/mol. The molecule has 0 amide bonds. The van der Waals surface area contributed by atoms with Crippen LogP contribution in [-0.2, 0) is 0 Å². The van der Waals surface area contributed by atoms with Crippen molar-refractivity contribution in [2.24, 2.45) is 10.8 Å². The summed E-state index contributed by atoms with van der Waals surface area (Å²) in [5.74, 6) is 6.45. The van der Waals surface area contributed by atoms with Crippen molar-refractivity contribution in [2.75, 3.05) is 0 Å². The summed E-state index contributed by atoms with van der Waals surface area (Å²) in [6.07, 6.45) is 33.5. The molecule has 0 atom stereocenters. The van der Waals surface area contributed by atoms with E-state index in [0.29, 0.717) is 0 Å². The van der Waals surface area contributed by atoms with Crippen molar-refractivity contribution >= 4 is 0 Å². The first-order valence-corrected chi connectivity index (χ1v) is 15.1. The number of hydrogen-bond donors (Lipinski definition) is 0. The van der Waals surface area contributed by atoms with Crippen LogP contribution in [0.1, 0.15) is 108 Å². The molecule has 0 spiro atoms. The van der Waals surface area contributed by atoms with Crippen molar-refractivity contribution in [1.82, 2.24) is 0 Å². The molecule has 0 bridgehead atoms. The quantitative estimate of drug-likeness (QED) is 0.214. The van der Waals surface area contributed by atoms with Crippen LogP contribution in [0.3, 0.4) is 0 Å². The van der Waals surface area contributed by atoms with E-state index in [1.54, 1.807) is 5.57 Å². The Balaban J connectivity index is 1.91. The van der Waals surface area contributed by atoms with Crippen LogP contribution in [0.4, 0.5) is 0 Å². The monoisotopic (exact) mass is 534 g/mol. The predicted octanol–water partition coefficient (Wildman–Crippen LogP) is 12.1. The fraction of sp³-hybridized carbons (Fsp3) is 0.450. The SMILES string of the molecule is CC1=C(/C=C/C(C)=C/C#C/C(C)=C/C=C/C=C(C)/C=C/C=C(C)/C=C/C2=C(C)CCCC2(C)C)C(C)(C)CCC1. The molecule has 2 rings (SSSR count). The molecular formula is C40H54. The molecule has 0 unspecified atom stereocenters. The lowest BCUT2D eigenvalue weighted by Crippen LogP contribution is -2.19. The Bertz CT molecular complexity index is 1270. The van der Waals surface area contributed by atoms with Crippen LogP contribution < -0.4 is 0 Å². The van der Waals surface area contributed by atoms with E-state index in [4.69, 9.17) is 0 Å². The van der Waals surface area contributed by atoms with E-state index in [-0.39, 0.29) is 10.8 Å². The summed E-state index contributed by atoms with van der Waals surface area (Å²) in [7, 11) is 0. The summed E-state index contributed by atoms with van der Waals surface area (Å²) in [5, 5.41) is 0. The zero-order valence-electron chi connectivity index (χ0n) is 27.2. The lowest BCUT2D eigenvalue weighted by atomic mass is 9.72. The molecule has 0 radical (unpaired) electrons. The van der Waals surface area contributed by atoms with Gasteiger partial charge in [-0.25, -0.2) is 0 Å². The second kappa shape index (κ2) is 15.7. The number of rotatable bonds is 8. The van der Waals surface area contributed by atoms with Crippen LogP contribution in [0.2, 0.25) is 0 Å². The van der Waals surface area contributed by atoms with Crippen molar-refractivity contribution in [2.45, 2.75) is 108 Å². The molecule has 40 heavy (non-hydrogen) atoms. The van der Waals surface area contributed by atoms with Gasteiger partial charge in [-0.05, 0) is 119 Å². The maximum Gasteiger partial charge on any atom is -0.000724 e. The smallest absolute Gasteiger partial charge is 0.000724 e. The van der Waals surface area contributed by atoms with Crippen LogP contribution in [0.15, 0.2) is 117 Å². The van der Waals surface area contributed by atoms with Crippen LogP contribution in [-0.4, -0.2) is 0 Å². The molecule has 0 aromatic carbocycles. The van der Waals surface area contributed by atoms with E-state index in [0.717, 1.165) is 5.57 Å². The number of allylic oxidation sites excluding steroid dienone is 20. The van der Waals surface area contributed by atoms with Gasteiger partial charge in [0.1, 0.15) is 0 Å². The molecule has 0 N–H and O–H groups in total.